The van der Waals surface area contributed by atoms with Gasteiger partial charge < -0.3 is 9.47 Å². The minimum Gasteiger partial charge on any atom is -0.444 e. The molecule has 0 unspecified atom stereocenters. The van der Waals surface area contributed by atoms with Gasteiger partial charge in [0.05, 0.1) is 12.7 Å². The van der Waals surface area contributed by atoms with Crippen LogP contribution in [0.15, 0.2) is 23.2 Å². The summed E-state index contributed by atoms with van der Waals surface area (Å²) >= 11 is 1.18. The fourth-order valence-electron chi connectivity index (χ4n) is 4.37. The van der Waals surface area contributed by atoms with E-state index in [1.165, 1.54) is 17.8 Å². The molecule has 0 aliphatic carbocycles. The molecule has 1 N–H and O–H groups in total. The SMILES string of the molecule is CCCCc1ccc(F)c([C@]23CO[C@@H](C)C[C@H]2[C@@H](CF)SC(NC(=O)OC(C)(C)C)=N3)c1. The van der Waals surface area contributed by atoms with Gasteiger partial charge in [0.2, 0.25) is 0 Å². The van der Waals surface area contributed by atoms with Crippen LogP contribution in [-0.2, 0) is 21.4 Å². The summed E-state index contributed by atoms with van der Waals surface area (Å²) in [5, 5.41) is 2.40. The van der Waals surface area contributed by atoms with E-state index in [0.29, 0.717) is 12.0 Å². The normalized spacial score (nSPS) is 28.0. The lowest BCUT2D eigenvalue weighted by Gasteiger charge is -2.49. The van der Waals surface area contributed by atoms with E-state index in [1.54, 1.807) is 26.8 Å². The average molecular weight is 469 g/mol. The van der Waals surface area contributed by atoms with Gasteiger partial charge in [0, 0.05) is 16.7 Å². The number of amidine groups is 1. The number of carbonyl (C=O) groups excluding carboxylic acids is 1. The zero-order chi connectivity index (χ0) is 23.5. The van der Waals surface area contributed by atoms with Crippen LogP contribution in [0, 0.1) is 11.7 Å². The molecular weight excluding hydrogens is 434 g/mol. The summed E-state index contributed by atoms with van der Waals surface area (Å²) in [6, 6.07) is 5.10. The van der Waals surface area contributed by atoms with Gasteiger partial charge in [0.25, 0.3) is 0 Å². The molecular formula is C24H34F2N2O3S. The first-order valence-electron chi connectivity index (χ1n) is 11.3. The summed E-state index contributed by atoms with van der Waals surface area (Å²) in [7, 11) is 0. The van der Waals surface area contributed by atoms with Crippen LogP contribution in [0.4, 0.5) is 13.6 Å². The molecule has 1 aromatic rings. The first-order chi connectivity index (χ1) is 15.1. The molecule has 1 saturated heterocycles. The predicted molar refractivity (Wildman–Crippen MR) is 124 cm³/mol. The van der Waals surface area contributed by atoms with Crippen LogP contribution in [-0.4, -0.2) is 41.5 Å². The van der Waals surface area contributed by atoms with Crippen LogP contribution < -0.4 is 5.32 Å². The van der Waals surface area contributed by atoms with E-state index in [0.717, 1.165) is 24.8 Å². The van der Waals surface area contributed by atoms with Crippen molar-refractivity contribution in [2.24, 2.45) is 10.9 Å². The number of carbonyl (C=O) groups is 1. The maximum atomic E-state index is 15.2. The van der Waals surface area contributed by atoms with Gasteiger partial charge in [-0.05, 0) is 58.6 Å². The largest absolute Gasteiger partial charge is 0.444 e. The van der Waals surface area contributed by atoms with Crippen LogP contribution in [0.1, 0.15) is 65.0 Å². The number of nitrogens with zero attached hydrogens (tertiary/aromatic N) is 1. The second-order valence-electron chi connectivity index (χ2n) is 9.66. The second kappa shape index (κ2) is 10.1. The summed E-state index contributed by atoms with van der Waals surface area (Å²) < 4.78 is 40.8. The second-order valence-corrected chi connectivity index (χ2v) is 10.9. The smallest absolute Gasteiger partial charge is 0.413 e. The summed E-state index contributed by atoms with van der Waals surface area (Å²) in [4.78, 5) is 17.2. The Morgan fingerprint density at radius 3 is 2.81 bits per heavy atom. The Kier molecular flexibility index (Phi) is 7.86. The number of alkyl carbamates (subject to hydrolysis) is 1. The third-order valence-corrected chi connectivity index (χ3v) is 7.05. The number of thioether (sulfide) groups is 1. The van der Waals surface area contributed by atoms with Crippen molar-refractivity contribution in [3.05, 3.63) is 35.1 Å². The van der Waals surface area contributed by atoms with E-state index >= 15 is 4.39 Å². The number of rotatable bonds is 5. The number of hydrogen-bond donors (Lipinski definition) is 1. The van der Waals surface area contributed by atoms with Crippen molar-refractivity contribution < 1.29 is 23.0 Å². The van der Waals surface area contributed by atoms with Crippen LogP contribution in [0.2, 0.25) is 0 Å². The molecule has 5 nitrogen and oxygen atoms in total. The van der Waals surface area contributed by atoms with Crippen LogP contribution >= 0.6 is 11.8 Å². The lowest BCUT2D eigenvalue weighted by atomic mass is 9.72. The van der Waals surface area contributed by atoms with E-state index in [9.17, 15) is 9.18 Å². The van der Waals surface area contributed by atoms with Crippen molar-refractivity contribution in [2.45, 2.75) is 82.8 Å². The number of ether oxygens (including phenoxy) is 2. The van der Waals surface area contributed by atoms with Gasteiger partial charge >= 0.3 is 6.09 Å². The van der Waals surface area contributed by atoms with Crippen molar-refractivity contribution in [1.29, 1.82) is 0 Å². The third kappa shape index (κ3) is 5.63. The number of benzene rings is 1. The van der Waals surface area contributed by atoms with Gasteiger partial charge in [-0.1, -0.05) is 37.2 Å². The first-order valence-corrected chi connectivity index (χ1v) is 12.2. The summed E-state index contributed by atoms with van der Waals surface area (Å²) in [5.74, 6) is -0.653. The van der Waals surface area contributed by atoms with Gasteiger partial charge in [-0.15, -0.1) is 0 Å². The number of unbranched alkanes of at least 4 members (excludes halogenated alkanes) is 1. The van der Waals surface area contributed by atoms with Gasteiger partial charge in [-0.3, -0.25) is 5.32 Å². The number of hydrogen-bond acceptors (Lipinski definition) is 5. The average Bonchev–Trinajstić information content (AvgIpc) is 2.71. The molecule has 1 fully saturated rings. The monoisotopic (exact) mass is 468 g/mol. The van der Waals surface area contributed by atoms with Gasteiger partial charge in [0.1, 0.15) is 23.6 Å². The molecule has 2 heterocycles. The molecule has 1 aromatic carbocycles. The molecule has 4 atom stereocenters. The van der Waals surface area contributed by atoms with Crippen molar-refractivity contribution >= 4 is 23.0 Å². The van der Waals surface area contributed by atoms with E-state index in [4.69, 9.17) is 14.5 Å². The minimum absolute atomic E-state index is 0.0790. The Labute approximate surface area is 193 Å². The molecule has 0 bridgehead atoms. The highest BCUT2D eigenvalue weighted by Gasteiger charge is 2.53. The number of alkyl halides is 1. The Morgan fingerprint density at radius 1 is 1.41 bits per heavy atom. The fraction of sp³-hybridized carbons (Fsp3) is 0.667. The third-order valence-electron chi connectivity index (χ3n) is 5.88. The Bertz CT molecular complexity index is 858. The predicted octanol–water partition coefficient (Wildman–Crippen LogP) is 5.75. The van der Waals surface area contributed by atoms with Crippen LogP contribution in [0.5, 0.6) is 0 Å². The standard InChI is InChI=1S/C24H34F2N2O3S/c1-6-7-8-16-9-10-19(26)17(12-16)24-14-30-15(2)11-18(24)20(13-25)32-21(28-24)27-22(29)31-23(3,4)5/h9-10,12,15,18,20H,6-8,11,13-14H2,1-5H3,(H,27,28,29)/t15-,18-,20+,24+/m0/s1. The number of nitrogens with one attached hydrogen (secondary N) is 1. The van der Waals surface area contributed by atoms with Crippen LogP contribution in [0.3, 0.4) is 0 Å². The molecule has 0 spiro atoms. The molecule has 1 amide bonds. The van der Waals surface area contributed by atoms with Gasteiger partial charge in [0.15, 0.2) is 5.17 Å². The summed E-state index contributed by atoms with van der Waals surface area (Å²) in [5.41, 5.74) is -0.370. The molecule has 2 aliphatic rings. The van der Waals surface area contributed by atoms with Crippen molar-refractivity contribution in [2.75, 3.05) is 13.3 Å². The minimum atomic E-state index is -1.11. The Balaban J connectivity index is 2.05. The van der Waals surface area contributed by atoms with E-state index in [-0.39, 0.29) is 23.8 Å². The lowest BCUT2D eigenvalue weighted by molar-refractivity contribution is -0.0558. The number of amides is 1. The zero-order valence-electron chi connectivity index (χ0n) is 19.5. The maximum absolute atomic E-state index is 15.2. The highest BCUT2D eigenvalue weighted by molar-refractivity contribution is 8.14. The molecule has 2 aliphatic heterocycles. The summed E-state index contributed by atoms with van der Waals surface area (Å²) in [6.45, 7) is 8.85. The quantitative estimate of drug-likeness (QED) is 0.597. The molecule has 32 heavy (non-hydrogen) atoms. The topological polar surface area (TPSA) is 59.9 Å². The molecule has 0 aromatic heterocycles. The molecule has 3 rings (SSSR count). The highest BCUT2D eigenvalue weighted by Crippen LogP contribution is 2.50. The molecule has 8 heteroatoms. The number of aryl methyl sites for hydroxylation is 1. The molecule has 178 valence electrons. The maximum Gasteiger partial charge on any atom is 0.413 e. The van der Waals surface area contributed by atoms with Crippen LogP contribution in [0.25, 0.3) is 0 Å². The van der Waals surface area contributed by atoms with E-state index in [1.807, 2.05) is 13.0 Å². The van der Waals surface area contributed by atoms with Gasteiger partial charge in [-0.2, -0.15) is 0 Å². The number of fused-ring (bicyclic) bond motifs is 1. The lowest BCUT2D eigenvalue weighted by Crippen LogP contribution is -2.54. The highest BCUT2D eigenvalue weighted by atomic mass is 32.2. The summed E-state index contributed by atoms with van der Waals surface area (Å²) in [6.07, 6.45) is 2.66. The zero-order valence-corrected chi connectivity index (χ0v) is 20.4. The van der Waals surface area contributed by atoms with E-state index in [2.05, 4.69) is 12.2 Å². The first kappa shape index (κ1) is 25.0. The number of halogens is 2. The Hall–Kier alpha value is -1.67. The fourth-order valence-corrected chi connectivity index (χ4v) is 5.58. The molecule has 0 saturated carbocycles. The van der Waals surface area contributed by atoms with Crippen molar-refractivity contribution in [3.63, 3.8) is 0 Å². The van der Waals surface area contributed by atoms with Gasteiger partial charge in [-0.25, -0.2) is 18.6 Å². The van der Waals surface area contributed by atoms with Crippen molar-refractivity contribution in [3.8, 4) is 0 Å². The Morgan fingerprint density at radius 2 is 2.16 bits per heavy atom. The van der Waals surface area contributed by atoms with E-state index < -0.39 is 35.0 Å². The molecule has 0 radical (unpaired) electrons. The number of aliphatic imine (C=N–C) groups is 1. The van der Waals surface area contributed by atoms with Crippen molar-refractivity contribution in [1.82, 2.24) is 5.32 Å².